The fraction of sp³-hybridized carbons (Fsp3) is 0.500. The molecule has 2 heterocycles. The smallest absolute Gasteiger partial charge is 0.256 e. The highest BCUT2D eigenvalue weighted by Crippen LogP contribution is 2.24. The molecule has 2 aromatic rings. The predicted molar refractivity (Wildman–Crippen MR) is 79.1 cm³/mol. The molecule has 0 spiro atoms. The number of aromatic amines is 1. The number of aryl methyl sites for hydroxylation is 4. The molecule has 2 rings (SSSR count). The molecular weight excluding hydrogens is 254 g/mol. The van der Waals surface area contributed by atoms with E-state index in [2.05, 4.69) is 20.4 Å². The van der Waals surface area contributed by atoms with Crippen molar-refractivity contribution in [2.24, 2.45) is 7.05 Å². The summed E-state index contributed by atoms with van der Waals surface area (Å²) in [5.74, 6) is 0.636. The van der Waals surface area contributed by atoms with Crippen molar-refractivity contribution in [2.45, 2.75) is 40.7 Å². The van der Waals surface area contributed by atoms with Crippen LogP contribution >= 0.6 is 0 Å². The molecule has 0 radical (unpaired) electrons. The molecule has 0 saturated heterocycles. The number of rotatable bonds is 3. The molecule has 20 heavy (non-hydrogen) atoms. The van der Waals surface area contributed by atoms with Crippen LogP contribution in [0.4, 0.5) is 5.69 Å². The van der Waals surface area contributed by atoms with Gasteiger partial charge in [0.25, 0.3) is 5.56 Å². The average molecular weight is 275 g/mol. The van der Waals surface area contributed by atoms with Crippen LogP contribution in [0.15, 0.2) is 4.79 Å². The highest BCUT2D eigenvalue weighted by atomic mass is 16.1. The van der Waals surface area contributed by atoms with Crippen molar-refractivity contribution in [2.75, 3.05) is 5.32 Å². The third-order valence-corrected chi connectivity index (χ3v) is 3.57. The summed E-state index contributed by atoms with van der Waals surface area (Å²) >= 11 is 0. The van der Waals surface area contributed by atoms with Gasteiger partial charge in [-0.2, -0.15) is 5.10 Å². The zero-order valence-electron chi connectivity index (χ0n) is 12.8. The van der Waals surface area contributed by atoms with E-state index in [4.69, 9.17) is 0 Å². The average Bonchev–Trinajstić information content (AvgIpc) is 2.54. The lowest BCUT2D eigenvalue weighted by atomic mass is 10.1. The zero-order valence-corrected chi connectivity index (χ0v) is 12.8. The Morgan fingerprint density at radius 3 is 2.35 bits per heavy atom. The number of hydrogen-bond acceptors (Lipinski definition) is 4. The van der Waals surface area contributed by atoms with Crippen LogP contribution in [-0.2, 0) is 7.05 Å². The van der Waals surface area contributed by atoms with E-state index in [1.54, 1.807) is 6.92 Å². The first-order valence-electron chi connectivity index (χ1n) is 6.65. The summed E-state index contributed by atoms with van der Waals surface area (Å²) in [5.41, 5.74) is 4.27. The van der Waals surface area contributed by atoms with Crippen LogP contribution in [0.2, 0.25) is 0 Å². The summed E-state index contributed by atoms with van der Waals surface area (Å²) in [6, 6.07) is -0.131. The van der Waals surface area contributed by atoms with Crippen LogP contribution in [0.25, 0.3) is 0 Å². The fourth-order valence-corrected chi connectivity index (χ4v) is 2.52. The topological polar surface area (TPSA) is 75.6 Å². The Morgan fingerprint density at radius 2 is 1.85 bits per heavy atom. The Kier molecular flexibility index (Phi) is 3.65. The maximum absolute atomic E-state index is 12.1. The summed E-state index contributed by atoms with van der Waals surface area (Å²) in [4.78, 5) is 19.2. The first-order valence-corrected chi connectivity index (χ1v) is 6.65. The zero-order chi connectivity index (χ0) is 15.0. The van der Waals surface area contributed by atoms with Gasteiger partial charge in [0.2, 0.25) is 0 Å². The number of H-pyrrole nitrogens is 1. The molecule has 1 atom stereocenters. The standard InChI is InChI=1S/C14H21N5O/c1-7-12(14(20)17-11(5)15-7)8(2)16-13-9(3)18-19(6)10(13)4/h8,16H,1-6H3,(H,15,17,20). The molecular formula is C14H21N5O. The van der Waals surface area contributed by atoms with E-state index in [1.165, 1.54) is 0 Å². The summed E-state index contributed by atoms with van der Waals surface area (Å²) in [6.45, 7) is 9.55. The molecule has 0 aliphatic carbocycles. The molecule has 0 aliphatic rings. The second kappa shape index (κ2) is 5.11. The Morgan fingerprint density at radius 1 is 1.20 bits per heavy atom. The van der Waals surface area contributed by atoms with Gasteiger partial charge in [-0.3, -0.25) is 9.48 Å². The van der Waals surface area contributed by atoms with Crippen LogP contribution < -0.4 is 10.9 Å². The van der Waals surface area contributed by atoms with E-state index < -0.39 is 0 Å². The lowest BCUT2D eigenvalue weighted by Crippen LogP contribution is -2.23. The summed E-state index contributed by atoms with van der Waals surface area (Å²) in [5, 5.41) is 7.74. The molecule has 1 unspecified atom stereocenters. The van der Waals surface area contributed by atoms with E-state index in [1.807, 2.05) is 39.4 Å². The Labute approximate surface area is 118 Å². The van der Waals surface area contributed by atoms with Gasteiger partial charge in [-0.05, 0) is 34.6 Å². The van der Waals surface area contributed by atoms with Crippen molar-refractivity contribution in [1.29, 1.82) is 0 Å². The van der Waals surface area contributed by atoms with Gasteiger partial charge in [0, 0.05) is 7.05 Å². The Hall–Kier alpha value is -2.11. The van der Waals surface area contributed by atoms with Gasteiger partial charge in [-0.25, -0.2) is 4.98 Å². The van der Waals surface area contributed by atoms with E-state index in [-0.39, 0.29) is 11.6 Å². The molecule has 2 aromatic heterocycles. The van der Waals surface area contributed by atoms with Crippen LogP contribution in [0.1, 0.15) is 41.4 Å². The predicted octanol–water partition coefficient (Wildman–Crippen LogP) is 1.91. The molecule has 0 fully saturated rings. The lowest BCUT2D eigenvalue weighted by molar-refractivity contribution is 0.731. The van der Waals surface area contributed by atoms with E-state index in [0.717, 1.165) is 22.8 Å². The molecule has 6 nitrogen and oxygen atoms in total. The van der Waals surface area contributed by atoms with Crippen molar-refractivity contribution in [3.05, 3.63) is 38.8 Å². The minimum atomic E-state index is -0.131. The highest BCUT2D eigenvalue weighted by Gasteiger charge is 2.18. The minimum Gasteiger partial charge on any atom is -0.375 e. The third kappa shape index (κ3) is 2.45. The van der Waals surface area contributed by atoms with Crippen molar-refractivity contribution in [1.82, 2.24) is 19.7 Å². The number of anilines is 1. The van der Waals surface area contributed by atoms with E-state index in [9.17, 15) is 4.79 Å². The normalized spacial score (nSPS) is 12.5. The maximum atomic E-state index is 12.1. The molecule has 108 valence electrons. The number of aromatic nitrogens is 4. The van der Waals surface area contributed by atoms with Gasteiger partial charge in [0.15, 0.2) is 0 Å². The highest BCUT2D eigenvalue weighted by molar-refractivity contribution is 5.53. The van der Waals surface area contributed by atoms with Gasteiger partial charge in [0.05, 0.1) is 34.4 Å². The second-order valence-corrected chi connectivity index (χ2v) is 5.19. The summed E-state index contributed by atoms with van der Waals surface area (Å²) in [6.07, 6.45) is 0. The molecule has 0 amide bonds. The second-order valence-electron chi connectivity index (χ2n) is 5.19. The van der Waals surface area contributed by atoms with Crippen LogP contribution in [-0.4, -0.2) is 19.7 Å². The van der Waals surface area contributed by atoms with Crippen molar-refractivity contribution in [3.63, 3.8) is 0 Å². The largest absolute Gasteiger partial charge is 0.375 e. The molecule has 6 heteroatoms. The van der Waals surface area contributed by atoms with Gasteiger partial charge >= 0.3 is 0 Å². The van der Waals surface area contributed by atoms with Gasteiger partial charge < -0.3 is 10.3 Å². The number of nitrogens with zero attached hydrogens (tertiary/aromatic N) is 3. The number of nitrogens with one attached hydrogen (secondary N) is 2. The fourth-order valence-electron chi connectivity index (χ4n) is 2.52. The molecule has 0 aliphatic heterocycles. The number of hydrogen-bond donors (Lipinski definition) is 2. The van der Waals surface area contributed by atoms with Crippen molar-refractivity contribution in [3.8, 4) is 0 Å². The van der Waals surface area contributed by atoms with E-state index in [0.29, 0.717) is 11.4 Å². The van der Waals surface area contributed by atoms with Crippen molar-refractivity contribution >= 4 is 5.69 Å². The van der Waals surface area contributed by atoms with Gasteiger partial charge in [-0.15, -0.1) is 0 Å². The lowest BCUT2D eigenvalue weighted by Gasteiger charge is -2.17. The van der Waals surface area contributed by atoms with Crippen LogP contribution in [0.3, 0.4) is 0 Å². The molecule has 0 saturated carbocycles. The molecule has 2 N–H and O–H groups in total. The first-order chi connectivity index (χ1) is 9.31. The first kappa shape index (κ1) is 14.3. The van der Waals surface area contributed by atoms with Gasteiger partial charge in [-0.1, -0.05) is 0 Å². The maximum Gasteiger partial charge on any atom is 0.256 e. The van der Waals surface area contributed by atoms with Crippen LogP contribution in [0.5, 0.6) is 0 Å². The molecule has 0 bridgehead atoms. The van der Waals surface area contributed by atoms with Crippen molar-refractivity contribution < 1.29 is 0 Å². The molecule has 0 aromatic carbocycles. The quantitative estimate of drug-likeness (QED) is 0.897. The Bertz CT molecular complexity index is 698. The van der Waals surface area contributed by atoms with Gasteiger partial charge in [0.1, 0.15) is 5.82 Å². The third-order valence-electron chi connectivity index (χ3n) is 3.57. The summed E-state index contributed by atoms with van der Waals surface area (Å²) in [7, 11) is 1.91. The Balaban J connectivity index is 2.38. The minimum absolute atomic E-state index is 0.0887. The summed E-state index contributed by atoms with van der Waals surface area (Å²) < 4.78 is 1.83. The van der Waals surface area contributed by atoms with E-state index >= 15 is 0 Å². The SMILES string of the molecule is Cc1nc(C)c(C(C)Nc2c(C)nn(C)c2C)c(=O)[nH]1. The monoisotopic (exact) mass is 275 g/mol. The van der Waals surface area contributed by atoms with Crippen LogP contribution in [0, 0.1) is 27.7 Å².